The molecule has 0 nitrogen and oxygen atoms in total. The summed E-state index contributed by atoms with van der Waals surface area (Å²) in [4.78, 5) is 1.32. The lowest BCUT2D eigenvalue weighted by Crippen LogP contribution is -2.00. The van der Waals surface area contributed by atoms with Crippen molar-refractivity contribution in [3.63, 3.8) is 0 Å². The summed E-state index contributed by atoms with van der Waals surface area (Å²) in [6.45, 7) is 0. The van der Waals surface area contributed by atoms with Gasteiger partial charge >= 0.3 is 0 Å². The largest absolute Gasteiger partial charge is 0.143 e. The summed E-state index contributed by atoms with van der Waals surface area (Å²) in [5, 5.41) is 2.16. The van der Waals surface area contributed by atoms with Gasteiger partial charge in [0.25, 0.3) is 0 Å². The Labute approximate surface area is 159 Å². The van der Waals surface area contributed by atoms with Gasteiger partial charge < -0.3 is 0 Å². The third kappa shape index (κ3) is 2.40. The molecule has 3 aromatic carbocycles. The first-order valence-electron chi connectivity index (χ1n) is 8.34. The van der Waals surface area contributed by atoms with E-state index in [1.54, 1.807) is 11.3 Å². The van der Waals surface area contributed by atoms with Gasteiger partial charge in [0.1, 0.15) is 0 Å². The molecule has 4 aromatic rings. The van der Waals surface area contributed by atoms with Gasteiger partial charge in [-0.25, -0.2) is 0 Å². The fourth-order valence-corrected chi connectivity index (χ4v) is 5.39. The summed E-state index contributed by atoms with van der Waals surface area (Å²) in [7, 11) is 0. The second-order valence-corrected chi connectivity index (χ2v) is 8.15. The Hall–Kier alpha value is -2.16. The maximum Gasteiger partial charge on any atom is 0.0358 e. The van der Waals surface area contributed by atoms with Crippen molar-refractivity contribution in [3.05, 3.63) is 105 Å². The van der Waals surface area contributed by atoms with Crippen LogP contribution in [0.2, 0.25) is 0 Å². The standard InChI is InChI=1S/C23H15BrS/c24-16-13-21(25-14-16)20-12-6-11-19-17-9-4-5-10-18(17)22(23(19)20)15-7-2-1-3-8-15/h1-14,22H. The molecule has 5 rings (SSSR count). The predicted molar refractivity (Wildman–Crippen MR) is 110 cm³/mol. The minimum Gasteiger partial charge on any atom is -0.143 e. The van der Waals surface area contributed by atoms with E-state index in [-0.39, 0.29) is 0 Å². The Morgan fingerprint density at radius 3 is 2.24 bits per heavy atom. The molecule has 0 saturated carbocycles. The number of hydrogen-bond acceptors (Lipinski definition) is 1. The molecular weight excluding hydrogens is 388 g/mol. The third-order valence-corrected chi connectivity index (χ3v) is 6.65. The first-order chi connectivity index (χ1) is 12.3. The molecule has 1 aliphatic rings. The predicted octanol–water partition coefficient (Wildman–Crippen LogP) is 7.34. The van der Waals surface area contributed by atoms with Crippen LogP contribution in [0.25, 0.3) is 21.6 Å². The zero-order valence-electron chi connectivity index (χ0n) is 13.4. The van der Waals surface area contributed by atoms with Crippen molar-refractivity contribution in [1.29, 1.82) is 0 Å². The average molecular weight is 403 g/mol. The fourth-order valence-electron chi connectivity index (χ4n) is 3.92. The number of thiophene rings is 1. The second-order valence-electron chi connectivity index (χ2n) is 6.33. The Kier molecular flexibility index (Phi) is 3.61. The van der Waals surface area contributed by atoms with Crippen LogP contribution >= 0.6 is 27.3 Å². The van der Waals surface area contributed by atoms with Gasteiger partial charge in [0, 0.05) is 20.6 Å². The Balaban J connectivity index is 1.83. The van der Waals surface area contributed by atoms with Crippen LogP contribution in [-0.4, -0.2) is 0 Å². The third-order valence-electron chi connectivity index (χ3n) is 4.92. The lowest BCUT2D eigenvalue weighted by atomic mass is 9.86. The second kappa shape index (κ2) is 5.98. The van der Waals surface area contributed by atoms with Crippen molar-refractivity contribution in [2.75, 3.05) is 0 Å². The van der Waals surface area contributed by atoms with E-state index in [4.69, 9.17) is 0 Å². The number of hydrogen-bond donors (Lipinski definition) is 0. The molecule has 0 amide bonds. The highest BCUT2D eigenvalue weighted by atomic mass is 79.9. The van der Waals surface area contributed by atoms with Crippen molar-refractivity contribution < 1.29 is 0 Å². The zero-order chi connectivity index (χ0) is 16.8. The van der Waals surface area contributed by atoms with Crippen molar-refractivity contribution >= 4 is 27.3 Å². The van der Waals surface area contributed by atoms with Gasteiger partial charge in [0.05, 0.1) is 0 Å². The van der Waals surface area contributed by atoms with Crippen LogP contribution in [-0.2, 0) is 0 Å². The van der Waals surface area contributed by atoms with E-state index in [1.165, 1.54) is 38.3 Å². The van der Waals surface area contributed by atoms with Crippen molar-refractivity contribution in [2.24, 2.45) is 0 Å². The zero-order valence-corrected chi connectivity index (χ0v) is 15.8. The molecule has 0 bridgehead atoms. The minimum absolute atomic E-state index is 0.296. The van der Waals surface area contributed by atoms with E-state index in [0.29, 0.717) is 5.92 Å². The van der Waals surface area contributed by atoms with Crippen LogP contribution in [0.4, 0.5) is 0 Å². The van der Waals surface area contributed by atoms with Gasteiger partial charge in [-0.2, -0.15) is 0 Å². The maximum atomic E-state index is 3.61. The van der Waals surface area contributed by atoms with E-state index in [1.807, 2.05) is 0 Å². The van der Waals surface area contributed by atoms with E-state index in [9.17, 15) is 0 Å². The molecule has 1 heterocycles. The maximum absolute atomic E-state index is 3.61. The van der Waals surface area contributed by atoms with Gasteiger partial charge in [-0.05, 0) is 55.4 Å². The fraction of sp³-hybridized carbons (Fsp3) is 0.0435. The molecule has 0 N–H and O–H groups in total. The molecule has 2 heteroatoms. The van der Waals surface area contributed by atoms with Gasteiger partial charge in [-0.3, -0.25) is 0 Å². The molecule has 1 unspecified atom stereocenters. The minimum atomic E-state index is 0.296. The van der Waals surface area contributed by atoms with Crippen LogP contribution in [0.1, 0.15) is 22.6 Å². The number of benzene rings is 3. The first-order valence-corrected chi connectivity index (χ1v) is 10.0. The first kappa shape index (κ1) is 15.1. The quantitative estimate of drug-likeness (QED) is 0.289. The van der Waals surface area contributed by atoms with E-state index in [0.717, 1.165) is 4.47 Å². The lowest BCUT2D eigenvalue weighted by Gasteiger charge is -2.17. The molecule has 25 heavy (non-hydrogen) atoms. The topological polar surface area (TPSA) is 0 Å². The normalized spacial score (nSPS) is 15.0. The highest BCUT2D eigenvalue weighted by Crippen LogP contribution is 2.52. The molecule has 1 atom stereocenters. The summed E-state index contributed by atoms with van der Waals surface area (Å²) < 4.78 is 1.15. The number of rotatable bonds is 2. The van der Waals surface area contributed by atoms with E-state index in [2.05, 4.69) is 100 Å². The number of halogens is 1. The van der Waals surface area contributed by atoms with Crippen molar-refractivity contribution in [3.8, 4) is 21.6 Å². The molecule has 0 spiro atoms. The smallest absolute Gasteiger partial charge is 0.0358 e. The summed E-state index contributed by atoms with van der Waals surface area (Å²) in [6.07, 6.45) is 0. The monoisotopic (exact) mass is 402 g/mol. The van der Waals surface area contributed by atoms with Crippen LogP contribution < -0.4 is 0 Å². The summed E-state index contributed by atoms with van der Waals surface area (Å²) in [5.41, 5.74) is 8.28. The molecule has 0 saturated heterocycles. The molecule has 0 fully saturated rings. The molecule has 1 aliphatic carbocycles. The highest BCUT2D eigenvalue weighted by molar-refractivity contribution is 9.10. The van der Waals surface area contributed by atoms with Gasteiger partial charge in [0.15, 0.2) is 0 Å². The summed E-state index contributed by atoms with van der Waals surface area (Å²) in [6, 6.07) is 28.6. The van der Waals surface area contributed by atoms with Crippen LogP contribution in [0.3, 0.4) is 0 Å². The molecule has 0 radical (unpaired) electrons. The lowest BCUT2D eigenvalue weighted by molar-refractivity contribution is 1.02. The Morgan fingerprint density at radius 1 is 0.720 bits per heavy atom. The molecule has 1 aromatic heterocycles. The average Bonchev–Trinajstić information content (AvgIpc) is 3.24. The number of fused-ring (bicyclic) bond motifs is 3. The Bertz CT molecular complexity index is 1060. The summed E-state index contributed by atoms with van der Waals surface area (Å²) >= 11 is 5.41. The van der Waals surface area contributed by atoms with Gasteiger partial charge in [0.2, 0.25) is 0 Å². The van der Waals surface area contributed by atoms with Gasteiger partial charge in [-0.15, -0.1) is 11.3 Å². The summed E-state index contributed by atoms with van der Waals surface area (Å²) in [5.74, 6) is 0.296. The van der Waals surface area contributed by atoms with Crippen molar-refractivity contribution in [1.82, 2.24) is 0 Å². The van der Waals surface area contributed by atoms with E-state index < -0.39 is 0 Å². The van der Waals surface area contributed by atoms with Crippen LogP contribution in [0.5, 0.6) is 0 Å². The SMILES string of the molecule is Brc1csc(-c2cccc3c2C(c2ccccc2)c2ccccc2-3)c1. The van der Waals surface area contributed by atoms with Gasteiger partial charge in [-0.1, -0.05) is 72.8 Å². The Morgan fingerprint density at radius 2 is 1.44 bits per heavy atom. The highest BCUT2D eigenvalue weighted by Gasteiger charge is 2.32. The van der Waals surface area contributed by atoms with Crippen LogP contribution in [0, 0.1) is 0 Å². The van der Waals surface area contributed by atoms with Crippen molar-refractivity contribution in [2.45, 2.75) is 5.92 Å². The molecule has 120 valence electrons. The molecular formula is C23H15BrS. The van der Waals surface area contributed by atoms with Crippen LogP contribution in [0.15, 0.2) is 88.7 Å². The van der Waals surface area contributed by atoms with E-state index >= 15 is 0 Å². The molecule has 0 aliphatic heterocycles.